The van der Waals surface area contributed by atoms with E-state index < -0.39 is 0 Å². The van der Waals surface area contributed by atoms with Crippen LogP contribution in [0.2, 0.25) is 0 Å². The average molecular weight is 258 g/mol. The molecule has 2 heterocycles. The molecule has 2 rings (SSSR count). The van der Waals surface area contributed by atoms with E-state index in [1.807, 2.05) is 0 Å². The lowest BCUT2D eigenvalue weighted by Gasteiger charge is -2.22. The van der Waals surface area contributed by atoms with E-state index in [-0.39, 0.29) is 5.56 Å². The molecule has 0 radical (unpaired) electrons. The van der Waals surface area contributed by atoms with Crippen LogP contribution in [-0.4, -0.2) is 27.9 Å². The minimum Gasteiger partial charge on any atom is -0.348 e. The Balaban J connectivity index is 2.30. The monoisotopic (exact) mass is 257 g/mol. The van der Waals surface area contributed by atoms with Crippen molar-refractivity contribution in [2.24, 2.45) is 0 Å². The molecule has 76 valence electrons. The third-order valence-electron chi connectivity index (χ3n) is 2.52. The fourth-order valence-corrected chi connectivity index (χ4v) is 2.50. The molecular formula is C9H12BrN3O. The molecule has 0 spiro atoms. The molecular weight excluding hydrogens is 246 g/mol. The normalized spacial score (nSPS) is 21.5. The van der Waals surface area contributed by atoms with Gasteiger partial charge in [-0.05, 0) is 12.8 Å². The van der Waals surface area contributed by atoms with Gasteiger partial charge in [0.05, 0.1) is 0 Å². The number of alkyl halides is 1. The topological polar surface area (TPSA) is 49.0 Å². The molecule has 4 nitrogen and oxygen atoms in total. The Labute approximate surface area is 90.5 Å². The number of anilines is 1. The van der Waals surface area contributed by atoms with Crippen molar-refractivity contribution in [3.05, 3.63) is 22.7 Å². The van der Waals surface area contributed by atoms with Crippen molar-refractivity contribution in [1.29, 1.82) is 0 Å². The van der Waals surface area contributed by atoms with Crippen LogP contribution in [-0.2, 0) is 0 Å². The maximum atomic E-state index is 11.5. The van der Waals surface area contributed by atoms with Gasteiger partial charge in [-0.3, -0.25) is 4.79 Å². The second-order valence-electron chi connectivity index (χ2n) is 3.39. The minimum absolute atomic E-state index is 0.0969. The van der Waals surface area contributed by atoms with E-state index in [4.69, 9.17) is 0 Å². The Hall–Kier alpha value is -0.840. The third kappa shape index (κ3) is 1.68. The number of nitrogens with one attached hydrogen (secondary N) is 1. The summed E-state index contributed by atoms with van der Waals surface area (Å²) in [6, 6.07) is 0.408. The van der Waals surface area contributed by atoms with E-state index in [2.05, 4.69) is 30.8 Å². The largest absolute Gasteiger partial charge is 0.348 e. The number of halogens is 1. The fourth-order valence-electron chi connectivity index (χ4n) is 1.82. The van der Waals surface area contributed by atoms with Gasteiger partial charge in [0.2, 0.25) is 0 Å². The van der Waals surface area contributed by atoms with Gasteiger partial charge in [0.1, 0.15) is 0 Å². The van der Waals surface area contributed by atoms with Crippen LogP contribution in [0.5, 0.6) is 0 Å². The Morgan fingerprint density at radius 2 is 2.57 bits per heavy atom. The van der Waals surface area contributed by atoms with E-state index in [0.29, 0.717) is 11.9 Å². The van der Waals surface area contributed by atoms with Gasteiger partial charge in [-0.15, -0.1) is 0 Å². The van der Waals surface area contributed by atoms with Crippen molar-refractivity contribution in [3.8, 4) is 0 Å². The van der Waals surface area contributed by atoms with Crippen LogP contribution in [0.15, 0.2) is 17.2 Å². The molecule has 1 aromatic heterocycles. The first-order valence-corrected chi connectivity index (χ1v) is 5.81. The summed E-state index contributed by atoms with van der Waals surface area (Å²) >= 11 is 3.46. The number of hydrogen-bond acceptors (Lipinski definition) is 3. The van der Waals surface area contributed by atoms with Gasteiger partial charge in [0.15, 0.2) is 5.82 Å². The Kier molecular flexibility index (Phi) is 2.86. The zero-order valence-corrected chi connectivity index (χ0v) is 9.33. The molecule has 1 unspecified atom stereocenters. The molecule has 1 N–H and O–H groups in total. The Bertz CT molecular complexity index is 365. The van der Waals surface area contributed by atoms with Crippen molar-refractivity contribution in [3.63, 3.8) is 0 Å². The van der Waals surface area contributed by atoms with E-state index >= 15 is 0 Å². The van der Waals surface area contributed by atoms with Crippen molar-refractivity contribution >= 4 is 21.7 Å². The van der Waals surface area contributed by atoms with Crippen LogP contribution >= 0.6 is 15.9 Å². The van der Waals surface area contributed by atoms with Gasteiger partial charge >= 0.3 is 0 Å². The van der Waals surface area contributed by atoms with Gasteiger partial charge in [-0.1, -0.05) is 15.9 Å². The molecule has 0 bridgehead atoms. The van der Waals surface area contributed by atoms with E-state index in [9.17, 15) is 4.79 Å². The summed E-state index contributed by atoms with van der Waals surface area (Å²) in [7, 11) is 0. The van der Waals surface area contributed by atoms with Crippen molar-refractivity contribution in [2.45, 2.75) is 18.9 Å². The van der Waals surface area contributed by atoms with Crippen LogP contribution in [0.1, 0.15) is 12.8 Å². The smallest absolute Gasteiger partial charge is 0.290 e. The minimum atomic E-state index is -0.0969. The summed E-state index contributed by atoms with van der Waals surface area (Å²) in [5.41, 5.74) is -0.0969. The highest BCUT2D eigenvalue weighted by Gasteiger charge is 2.26. The predicted octanol–water partition coefficient (Wildman–Crippen LogP) is 1.13. The first-order chi connectivity index (χ1) is 6.83. The number of rotatable bonds is 2. The highest BCUT2D eigenvalue weighted by atomic mass is 79.9. The van der Waals surface area contributed by atoms with Crippen LogP contribution in [0.3, 0.4) is 0 Å². The fraction of sp³-hybridized carbons (Fsp3) is 0.556. The Morgan fingerprint density at radius 3 is 3.29 bits per heavy atom. The number of hydrogen-bond donors (Lipinski definition) is 1. The van der Waals surface area contributed by atoms with Crippen molar-refractivity contribution in [1.82, 2.24) is 9.97 Å². The lowest BCUT2D eigenvalue weighted by Crippen LogP contribution is -2.35. The Morgan fingerprint density at radius 1 is 1.71 bits per heavy atom. The van der Waals surface area contributed by atoms with E-state index in [0.717, 1.165) is 24.7 Å². The molecule has 1 saturated heterocycles. The highest BCUT2D eigenvalue weighted by molar-refractivity contribution is 9.09. The van der Waals surface area contributed by atoms with Crippen LogP contribution in [0.25, 0.3) is 0 Å². The van der Waals surface area contributed by atoms with Crippen molar-refractivity contribution in [2.75, 3.05) is 16.8 Å². The lowest BCUT2D eigenvalue weighted by molar-refractivity contribution is 0.736. The molecule has 5 heteroatoms. The first kappa shape index (κ1) is 9.71. The average Bonchev–Trinajstić information content (AvgIpc) is 2.66. The standard InChI is InChI=1S/C9H12BrN3O/c10-6-7-2-1-5-13(7)8-9(14)12-4-3-11-8/h3-4,7H,1-2,5-6H2,(H,12,14). The maximum absolute atomic E-state index is 11.5. The second-order valence-corrected chi connectivity index (χ2v) is 4.03. The van der Waals surface area contributed by atoms with Gasteiger partial charge in [0, 0.05) is 30.3 Å². The number of aromatic nitrogens is 2. The van der Waals surface area contributed by atoms with Gasteiger partial charge < -0.3 is 9.88 Å². The van der Waals surface area contributed by atoms with Gasteiger partial charge in [-0.2, -0.15) is 0 Å². The number of aromatic amines is 1. The lowest BCUT2D eigenvalue weighted by atomic mass is 10.2. The maximum Gasteiger partial charge on any atom is 0.290 e. The first-order valence-electron chi connectivity index (χ1n) is 4.69. The van der Waals surface area contributed by atoms with Gasteiger partial charge in [0.25, 0.3) is 5.56 Å². The summed E-state index contributed by atoms with van der Waals surface area (Å²) in [6.45, 7) is 0.927. The SMILES string of the molecule is O=c1[nH]ccnc1N1CCCC1CBr. The summed E-state index contributed by atoms with van der Waals surface area (Å²) in [6.07, 6.45) is 5.44. The molecule has 0 saturated carbocycles. The van der Waals surface area contributed by atoms with E-state index in [1.54, 1.807) is 12.4 Å². The van der Waals surface area contributed by atoms with Crippen LogP contribution in [0, 0.1) is 0 Å². The summed E-state index contributed by atoms with van der Waals surface area (Å²) in [5, 5.41) is 0.892. The molecule has 1 aliphatic rings. The van der Waals surface area contributed by atoms with Crippen molar-refractivity contribution < 1.29 is 0 Å². The molecule has 1 aliphatic heterocycles. The molecule has 1 aromatic rings. The van der Waals surface area contributed by atoms with Gasteiger partial charge in [-0.25, -0.2) is 4.98 Å². The molecule has 14 heavy (non-hydrogen) atoms. The zero-order chi connectivity index (χ0) is 9.97. The van der Waals surface area contributed by atoms with Crippen LogP contribution in [0.4, 0.5) is 5.82 Å². The summed E-state index contributed by atoms with van der Waals surface area (Å²) < 4.78 is 0. The summed E-state index contributed by atoms with van der Waals surface area (Å²) in [4.78, 5) is 20.3. The molecule has 0 aliphatic carbocycles. The number of nitrogens with zero attached hydrogens (tertiary/aromatic N) is 2. The number of H-pyrrole nitrogens is 1. The zero-order valence-electron chi connectivity index (χ0n) is 7.74. The van der Waals surface area contributed by atoms with E-state index in [1.165, 1.54) is 0 Å². The highest BCUT2D eigenvalue weighted by Crippen LogP contribution is 2.21. The quantitative estimate of drug-likeness (QED) is 0.809. The molecule has 1 atom stereocenters. The summed E-state index contributed by atoms with van der Waals surface area (Å²) in [5.74, 6) is 0.550. The molecule has 0 amide bonds. The molecule has 1 fully saturated rings. The predicted molar refractivity (Wildman–Crippen MR) is 59.0 cm³/mol. The molecule has 0 aromatic carbocycles. The third-order valence-corrected chi connectivity index (χ3v) is 3.26. The second kappa shape index (κ2) is 4.13. The van der Waals surface area contributed by atoms with Crippen LogP contribution < -0.4 is 10.5 Å².